The third-order valence-corrected chi connectivity index (χ3v) is 5.00. The third-order valence-electron chi connectivity index (χ3n) is 2.38. The van der Waals surface area contributed by atoms with Crippen LogP contribution in [0.3, 0.4) is 0 Å². The van der Waals surface area contributed by atoms with Crippen LogP contribution in [0.15, 0.2) is 22.5 Å². The summed E-state index contributed by atoms with van der Waals surface area (Å²) in [5.41, 5.74) is 5.63. The number of halogens is 1. The van der Waals surface area contributed by atoms with Gasteiger partial charge >= 0.3 is 0 Å². The van der Waals surface area contributed by atoms with Crippen LogP contribution in [-0.4, -0.2) is 39.0 Å². The van der Waals surface area contributed by atoms with Crippen LogP contribution >= 0.6 is 35.3 Å². The van der Waals surface area contributed by atoms with Crippen molar-refractivity contribution in [3.8, 4) is 0 Å². The molecule has 110 valence electrons. The summed E-state index contributed by atoms with van der Waals surface area (Å²) in [4.78, 5) is 5.27. The van der Waals surface area contributed by atoms with Crippen molar-refractivity contribution in [1.29, 1.82) is 0 Å². The average molecular weight is 417 g/mol. The molecule has 0 aliphatic heterocycles. The van der Waals surface area contributed by atoms with Gasteiger partial charge in [-0.15, -0.1) is 35.3 Å². The van der Waals surface area contributed by atoms with Crippen LogP contribution in [0.4, 0.5) is 0 Å². The van der Waals surface area contributed by atoms with E-state index in [9.17, 15) is 8.42 Å². The Kier molecular flexibility index (Phi) is 9.36. The van der Waals surface area contributed by atoms with Gasteiger partial charge in [0, 0.05) is 17.2 Å². The zero-order valence-corrected chi connectivity index (χ0v) is 14.8. The summed E-state index contributed by atoms with van der Waals surface area (Å²) >= 11 is 1.70. The second kappa shape index (κ2) is 9.54. The average Bonchev–Trinajstić information content (AvgIpc) is 2.82. The van der Waals surface area contributed by atoms with Gasteiger partial charge in [0.25, 0.3) is 0 Å². The fourth-order valence-corrected chi connectivity index (χ4v) is 2.64. The topological polar surface area (TPSA) is 84.5 Å². The fourth-order valence-electron chi connectivity index (χ4n) is 1.27. The molecule has 0 unspecified atom stereocenters. The molecule has 0 spiro atoms. The lowest BCUT2D eigenvalue weighted by Crippen LogP contribution is -2.33. The highest BCUT2D eigenvalue weighted by Crippen LogP contribution is 2.07. The zero-order chi connectivity index (χ0) is 13.4. The largest absolute Gasteiger partial charge is 0.370 e. The first kappa shape index (κ1) is 18.7. The molecule has 0 saturated heterocycles. The molecule has 0 bridgehead atoms. The first-order valence-corrected chi connectivity index (χ1v) is 8.50. The molecule has 0 atom stereocenters. The Morgan fingerprint density at radius 2 is 2.26 bits per heavy atom. The molecule has 0 aliphatic rings. The fraction of sp³-hybridized carbons (Fsp3) is 0.545. The summed E-state index contributed by atoms with van der Waals surface area (Å²) in [6, 6.07) is 4.07. The SMILES string of the molecule is CCS(=O)(=O)CCN=C(N)NCCc1cccs1.I. The lowest BCUT2D eigenvalue weighted by molar-refractivity contribution is 0.597. The number of guanidine groups is 1. The van der Waals surface area contributed by atoms with Gasteiger partial charge in [-0.25, -0.2) is 8.42 Å². The van der Waals surface area contributed by atoms with Gasteiger partial charge in [0.05, 0.1) is 12.3 Å². The molecule has 0 aliphatic carbocycles. The van der Waals surface area contributed by atoms with Gasteiger partial charge in [-0.3, -0.25) is 4.99 Å². The van der Waals surface area contributed by atoms with Gasteiger partial charge in [-0.2, -0.15) is 0 Å². The van der Waals surface area contributed by atoms with Crippen molar-refractivity contribution in [1.82, 2.24) is 5.32 Å². The number of nitrogens with one attached hydrogen (secondary N) is 1. The van der Waals surface area contributed by atoms with E-state index in [1.165, 1.54) is 4.88 Å². The van der Waals surface area contributed by atoms with Crippen molar-refractivity contribution in [2.75, 3.05) is 24.6 Å². The Balaban J connectivity index is 0.00000324. The molecule has 19 heavy (non-hydrogen) atoms. The predicted octanol–water partition coefficient (Wildman–Crippen LogP) is 1.25. The van der Waals surface area contributed by atoms with Gasteiger partial charge in [0.1, 0.15) is 0 Å². The summed E-state index contributed by atoms with van der Waals surface area (Å²) in [6.07, 6.45) is 0.890. The maximum Gasteiger partial charge on any atom is 0.188 e. The molecular weight excluding hydrogens is 397 g/mol. The first-order valence-electron chi connectivity index (χ1n) is 5.80. The Hall–Kier alpha value is -0.350. The van der Waals surface area contributed by atoms with Crippen molar-refractivity contribution in [2.24, 2.45) is 10.7 Å². The number of hydrogen-bond donors (Lipinski definition) is 2. The minimum atomic E-state index is -2.96. The van der Waals surface area contributed by atoms with Crippen LogP contribution in [0.25, 0.3) is 0 Å². The molecule has 1 aromatic heterocycles. The third kappa shape index (κ3) is 8.43. The first-order chi connectivity index (χ1) is 8.53. The standard InChI is InChI=1S/C11H19N3O2S2.HI/c1-2-18(15,16)9-7-14-11(12)13-6-5-10-4-3-8-17-10;/h3-4,8H,2,5-7,9H2,1H3,(H3,12,13,14);1H. The minimum Gasteiger partial charge on any atom is -0.370 e. The van der Waals surface area contributed by atoms with E-state index in [2.05, 4.69) is 16.4 Å². The summed E-state index contributed by atoms with van der Waals surface area (Å²) in [5, 5.41) is 4.99. The Morgan fingerprint density at radius 3 is 2.84 bits per heavy atom. The lowest BCUT2D eigenvalue weighted by Gasteiger charge is -2.04. The van der Waals surface area contributed by atoms with Crippen LogP contribution in [0.1, 0.15) is 11.8 Å². The van der Waals surface area contributed by atoms with E-state index in [1.54, 1.807) is 18.3 Å². The maximum absolute atomic E-state index is 11.2. The number of sulfone groups is 1. The van der Waals surface area contributed by atoms with Crippen LogP contribution in [0.2, 0.25) is 0 Å². The van der Waals surface area contributed by atoms with Gasteiger partial charge in [0.2, 0.25) is 0 Å². The molecule has 0 radical (unpaired) electrons. The van der Waals surface area contributed by atoms with Crippen LogP contribution in [0, 0.1) is 0 Å². The van der Waals surface area contributed by atoms with E-state index in [4.69, 9.17) is 5.73 Å². The minimum absolute atomic E-state index is 0. The quantitative estimate of drug-likeness (QED) is 0.397. The molecule has 3 N–H and O–H groups in total. The summed E-state index contributed by atoms with van der Waals surface area (Å²) < 4.78 is 22.4. The molecule has 5 nitrogen and oxygen atoms in total. The second-order valence-electron chi connectivity index (χ2n) is 3.76. The van der Waals surface area contributed by atoms with Crippen LogP contribution in [-0.2, 0) is 16.3 Å². The van der Waals surface area contributed by atoms with Crippen LogP contribution in [0.5, 0.6) is 0 Å². The molecule has 8 heteroatoms. The molecule has 1 rings (SSSR count). The number of aliphatic imine (C=N–C) groups is 1. The predicted molar refractivity (Wildman–Crippen MR) is 92.3 cm³/mol. The van der Waals surface area contributed by atoms with Gasteiger partial charge < -0.3 is 11.1 Å². The molecule has 1 heterocycles. The van der Waals surface area contributed by atoms with E-state index in [1.807, 2.05) is 11.4 Å². The number of thiophene rings is 1. The maximum atomic E-state index is 11.2. The normalized spacial score (nSPS) is 11.9. The summed E-state index contributed by atoms with van der Waals surface area (Å²) in [7, 11) is -2.96. The van der Waals surface area contributed by atoms with Gasteiger partial charge in [-0.1, -0.05) is 13.0 Å². The van der Waals surface area contributed by atoms with Crippen molar-refractivity contribution in [3.05, 3.63) is 22.4 Å². The van der Waals surface area contributed by atoms with E-state index in [-0.39, 0.29) is 42.0 Å². The Morgan fingerprint density at radius 1 is 1.53 bits per heavy atom. The molecular formula is C11H20IN3O2S2. The van der Waals surface area contributed by atoms with E-state index >= 15 is 0 Å². The zero-order valence-electron chi connectivity index (χ0n) is 10.8. The Labute approximate surface area is 135 Å². The number of rotatable bonds is 7. The number of hydrogen-bond acceptors (Lipinski definition) is 4. The molecule has 0 aromatic carbocycles. The summed E-state index contributed by atoms with van der Waals surface area (Å²) in [6.45, 7) is 2.55. The highest BCUT2D eigenvalue weighted by molar-refractivity contribution is 14.0. The smallest absolute Gasteiger partial charge is 0.188 e. The van der Waals surface area contributed by atoms with Crippen molar-refractivity contribution in [2.45, 2.75) is 13.3 Å². The molecule has 1 aromatic rings. The molecule has 0 fully saturated rings. The molecule has 0 amide bonds. The van der Waals surface area contributed by atoms with E-state index < -0.39 is 9.84 Å². The number of nitrogens with two attached hydrogens (primary N) is 1. The van der Waals surface area contributed by atoms with Crippen molar-refractivity contribution in [3.63, 3.8) is 0 Å². The van der Waals surface area contributed by atoms with Crippen LogP contribution < -0.4 is 11.1 Å². The monoisotopic (exact) mass is 417 g/mol. The summed E-state index contributed by atoms with van der Waals surface area (Å²) in [5.74, 6) is 0.503. The number of nitrogens with zero attached hydrogens (tertiary/aromatic N) is 1. The van der Waals surface area contributed by atoms with Gasteiger partial charge in [-0.05, 0) is 17.9 Å². The van der Waals surface area contributed by atoms with Crippen molar-refractivity contribution < 1.29 is 8.42 Å². The highest BCUT2D eigenvalue weighted by atomic mass is 127. The highest BCUT2D eigenvalue weighted by Gasteiger charge is 2.05. The lowest BCUT2D eigenvalue weighted by atomic mass is 10.3. The second-order valence-corrected chi connectivity index (χ2v) is 7.26. The van der Waals surface area contributed by atoms with Gasteiger partial charge in [0.15, 0.2) is 15.8 Å². The van der Waals surface area contributed by atoms with E-state index in [0.29, 0.717) is 12.5 Å². The van der Waals surface area contributed by atoms with E-state index in [0.717, 1.165) is 6.42 Å². The molecule has 0 saturated carbocycles. The van der Waals surface area contributed by atoms with Crippen molar-refractivity contribution >= 4 is 51.1 Å². The Bertz CT molecular complexity index is 472.